The number of piperazine rings is 1. The van der Waals surface area contributed by atoms with E-state index in [-0.39, 0.29) is 37.3 Å². The molecule has 0 radical (unpaired) electrons. The number of hydrogen-bond acceptors (Lipinski definition) is 5. The third-order valence-electron chi connectivity index (χ3n) is 3.78. The van der Waals surface area contributed by atoms with Gasteiger partial charge in [0.05, 0.1) is 7.11 Å². The number of halogens is 2. The van der Waals surface area contributed by atoms with Crippen molar-refractivity contribution in [3.8, 4) is 5.75 Å². The van der Waals surface area contributed by atoms with Gasteiger partial charge in [0.2, 0.25) is 0 Å². The molecule has 6 nitrogen and oxygen atoms in total. The molecule has 1 amide bonds. The number of rotatable bonds is 5. The molecule has 0 spiro atoms. The highest BCUT2D eigenvalue weighted by Gasteiger charge is 2.26. The number of nitrogens with zero attached hydrogens (tertiary/aromatic N) is 2. The van der Waals surface area contributed by atoms with Crippen molar-refractivity contribution in [2.45, 2.75) is 6.10 Å². The van der Waals surface area contributed by atoms with E-state index in [1.807, 2.05) is 23.1 Å². The van der Waals surface area contributed by atoms with E-state index in [0.717, 1.165) is 24.5 Å². The van der Waals surface area contributed by atoms with Crippen LogP contribution in [-0.4, -0.2) is 63.9 Å². The fourth-order valence-corrected chi connectivity index (χ4v) is 2.49. The number of ether oxygens (including phenoxy) is 2. The van der Waals surface area contributed by atoms with Crippen molar-refractivity contribution in [2.75, 3.05) is 51.8 Å². The van der Waals surface area contributed by atoms with Crippen LogP contribution in [0.2, 0.25) is 0 Å². The molecule has 1 atom stereocenters. The van der Waals surface area contributed by atoms with Crippen molar-refractivity contribution in [1.29, 1.82) is 0 Å². The number of hydrogen-bond donors (Lipinski definition) is 1. The SMILES string of the molecule is COc1cccc(N2CCN(C(=O)C(CN)OC)CC2)c1.Cl.Cl. The molecule has 2 N–H and O–H groups in total. The molecule has 0 bridgehead atoms. The van der Waals surface area contributed by atoms with Crippen LogP contribution >= 0.6 is 24.8 Å². The van der Waals surface area contributed by atoms with Gasteiger partial charge >= 0.3 is 0 Å². The molecule has 132 valence electrons. The summed E-state index contributed by atoms with van der Waals surface area (Å²) in [5, 5.41) is 0. The lowest BCUT2D eigenvalue weighted by Gasteiger charge is -2.37. The third kappa shape index (κ3) is 5.42. The van der Waals surface area contributed by atoms with Crippen LogP contribution in [0.15, 0.2) is 24.3 Å². The number of benzene rings is 1. The second-order valence-corrected chi connectivity index (χ2v) is 4.97. The Hall–Kier alpha value is -1.21. The normalized spacial score (nSPS) is 15.3. The molecule has 2 rings (SSSR count). The zero-order valence-electron chi connectivity index (χ0n) is 13.4. The van der Waals surface area contributed by atoms with E-state index in [9.17, 15) is 4.79 Å². The fourth-order valence-electron chi connectivity index (χ4n) is 2.49. The summed E-state index contributed by atoms with van der Waals surface area (Å²) in [5.74, 6) is 0.818. The van der Waals surface area contributed by atoms with Gasteiger partial charge < -0.3 is 25.0 Å². The Labute approximate surface area is 149 Å². The van der Waals surface area contributed by atoms with Crippen molar-refractivity contribution >= 4 is 36.4 Å². The van der Waals surface area contributed by atoms with Gasteiger partial charge in [-0.2, -0.15) is 0 Å². The van der Waals surface area contributed by atoms with Crippen LogP contribution in [0.4, 0.5) is 5.69 Å². The largest absolute Gasteiger partial charge is 0.497 e. The van der Waals surface area contributed by atoms with Crippen molar-refractivity contribution in [3.05, 3.63) is 24.3 Å². The van der Waals surface area contributed by atoms with Crippen molar-refractivity contribution in [1.82, 2.24) is 4.90 Å². The van der Waals surface area contributed by atoms with Crippen molar-refractivity contribution in [3.63, 3.8) is 0 Å². The predicted octanol–water partition coefficient (Wildman–Crippen LogP) is 1.16. The Morgan fingerprint density at radius 3 is 2.39 bits per heavy atom. The average molecular weight is 366 g/mol. The molecule has 1 fully saturated rings. The molecule has 8 heteroatoms. The van der Waals surface area contributed by atoms with E-state index in [1.54, 1.807) is 7.11 Å². The zero-order chi connectivity index (χ0) is 15.2. The van der Waals surface area contributed by atoms with Gasteiger partial charge in [-0.15, -0.1) is 24.8 Å². The zero-order valence-corrected chi connectivity index (χ0v) is 15.1. The summed E-state index contributed by atoms with van der Waals surface area (Å²) < 4.78 is 10.4. The van der Waals surface area contributed by atoms with Crippen LogP contribution in [-0.2, 0) is 9.53 Å². The van der Waals surface area contributed by atoms with Gasteiger partial charge in [-0.25, -0.2) is 0 Å². The summed E-state index contributed by atoms with van der Waals surface area (Å²) in [6.07, 6.45) is -0.534. The number of carbonyl (C=O) groups is 1. The molecule has 1 aromatic carbocycles. The molecule has 1 aliphatic rings. The average Bonchev–Trinajstić information content (AvgIpc) is 2.56. The van der Waals surface area contributed by atoms with Crippen molar-refractivity contribution < 1.29 is 14.3 Å². The lowest BCUT2D eigenvalue weighted by Crippen LogP contribution is -2.53. The molecule has 1 aromatic rings. The fraction of sp³-hybridized carbons (Fsp3) is 0.533. The van der Waals surface area contributed by atoms with Crippen LogP contribution in [0.25, 0.3) is 0 Å². The van der Waals surface area contributed by atoms with Crippen LogP contribution < -0.4 is 15.4 Å². The molecule has 0 aliphatic carbocycles. The second-order valence-electron chi connectivity index (χ2n) is 4.97. The molecule has 1 unspecified atom stereocenters. The van der Waals surface area contributed by atoms with E-state index in [4.69, 9.17) is 15.2 Å². The monoisotopic (exact) mass is 365 g/mol. The minimum Gasteiger partial charge on any atom is -0.497 e. The van der Waals surface area contributed by atoms with Crippen LogP contribution in [0.5, 0.6) is 5.75 Å². The molecule has 0 aromatic heterocycles. The standard InChI is InChI=1S/C15H23N3O3.2ClH/c1-20-13-5-3-4-12(10-13)17-6-8-18(9-7-17)15(19)14(11-16)21-2;;/h3-5,10,14H,6-9,11,16H2,1-2H3;2*1H. The summed E-state index contributed by atoms with van der Waals surface area (Å²) >= 11 is 0. The topological polar surface area (TPSA) is 68.0 Å². The number of amides is 1. The van der Waals surface area contributed by atoms with Crippen molar-refractivity contribution in [2.24, 2.45) is 5.73 Å². The summed E-state index contributed by atoms with van der Waals surface area (Å²) in [5.41, 5.74) is 6.66. The van der Waals surface area contributed by atoms with Gasteiger partial charge in [0.25, 0.3) is 5.91 Å². The second kappa shape index (κ2) is 10.5. The van der Waals surface area contributed by atoms with Gasteiger partial charge in [-0.3, -0.25) is 4.79 Å². The molecule has 1 heterocycles. The Kier molecular flexibility index (Phi) is 9.99. The van der Waals surface area contributed by atoms with Gasteiger partial charge in [-0.1, -0.05) is 6.07 Å². The molecule has 1 aliphatic heterocycles. The first-order chi connectivity index (χ1) is 10.2. The quantitative estimate of drug-likeness (QED) is 0.847. The molecule has 23 heavy (non-hydrogen) atoms. The highest BCUT2D eigenvalue weighted by atomic mass is 35.5. The Balaban J connectivity index is 0.00000242. The van der Waals surface area contributed by atoms with E-state index < -0.39 is 6.10 Å². The summed E-state index contributed by atoms with van der Waals surface area (Å²) in [6, 6.07) is 7.96. The number of methoxy groups -OCH3 is 2. The first kappa shape index (κ1) is 21.8. The predicted molar refractivity (Wildman–Crippen MR) is 96.1 cm³/mol. The smallest absolute Gasteiger partial charge is 0.253 e. The number of anilines is 1. The van der Waals surface area contributed by atoms with Gasteiger partial charge in [-0.05, 0) is 12.1 Å². The number of carbonyl (C=O) groups excluding carboxylic acids is 1. The molecule has 1 saturated heterocycles. The Morgan fingerprint density at radius 2 is 1.87 bits per heavy atom. The first-order valence-electron chi connectivity index (χ1n) is 7.10. The third-order valence-corrected chi connectivity index (χ3v) is 3.78. The van der Waals surface area contributed by atoms with Crippen LogP contribution in [0.3, 0.4) is 0 Å². The lowest BCUT2D eigenvalue weighted by molar-refractivity contribution is -0.141. The summed E-state index contributed by atoms with van der Waals surface area (Å²) in [6.45, 7) is 3.15. The van der Waals surface area contributed by atoms with E-state index >= 15 is 0 Å². The van der Waals surface area contributed by atoms with E-state index in [1.165, 1.54) is 7.11 Å². The first-order valence-corrected chi connectivity index (χ1v) is 7.10. The van der Waals surface area contributed by atoms with Crippen LogP contribution in [0, 0.1) is 0 Å². The Morgan fingerprint density at radius 1 is 1.22 bits per heavy atom. The van der Waals surface area contributed by atoms with Gasteiger partial charge in [0, 0.05) is 51.6 Å². The lowest BCUT2D eigenvalue weighted by atomic mass is 10.2. The molecular formula is C15H25Cl2N3O3. The minimum atomic E-state index is -0.534. The minimum absolute atomic E-state index is 0. The van der Waals surface area contributed by atoms with Gasteiger partial charge in [0.1, 0.15) is 11.9 Å². The maximum atomic E-state index is 12.2. The van der Waals surface area contributed by atoms with E-state index in [2.05, 4.69) is 11.0 Å². The van der Waals surface area contributed by atoms with Gasteiger partial charge in [0.15, 0.2) is 0 Å². The summed E-state index contributed by atoms with van der Waals surface area (Å²) in [4.78, 5) is 16.3. The highest BCUT2D eigenvalue weighted by Crippen LogP contribution is 2.22. The van der Waals surface area contributed by atoms with E-state index in [0.29, 0.717) is 13.1 Å². The highest BCUT2D eigenvalue weighted by molar-refractivity contribution is 5.85. The maximum Gasteiger partial charge on any atom is 0.253 e. The number of nitrogens with two attached hydrogens (primary N) is 1. The van der Waals surface area contributed by atoms with Crippen LogP contribution in [0.1, 0.15) is 0 Å². The maximum absolute atomic E-state index is 12.2. The molecule has 0 saturated carbocycles. The Bertz CT molecular complexity index is 479. The summed E-state index contributed by atoms with van der Waals surface area (Å²) in [7, 11) is 3.18. The molecular weight excluding hydrogens is 341 g/mol.